The van der Waals surface area contributed by atoms with E-state index < -0.39 is 0 Å². The van der Waals surface area contributed by atoms with Crippen molar-refractivity contribution in [1.29, 1.82) is 0 Å². The lowest BCUT2D eigenvalue weighted by molar-refractivity contribution is 0.202. The lowest BCUT2D eigenvalue weighted by Gasteiger charge is -2.12. The first-order valence-electron chi connectivity index (χ1n) is 6.85. The molecular weight excluding hydrogens is 250 g/mol. The molecule has 2 N–H and O–H groups in total. The highest BCUT2D eigenvalue weighted by molar-refractivity contribution is 5.78. The number of ether oxygens (including phenoxy) is 2. The quantitative estimate of drug-likeness (QED) is 0.817. The van der Waals surface area contributed by atoms with E-state index in [9.17, 15) is 0 Å². The predicted molar refractivity (Wildman–Crippen MR) is 83.0 cm³/mol. The van der Waals surface area contributed by atoms with Gasteiger partial charge in [-0.1, -0.05) is 30.3 Å². The zero-order chi connectivity index (χ0) is 14.4. The van der Waals surface area contributed by atoms with Crippen LogP contribution in [0.1, 0.15) is 12.5 Å². The molecule has 0 aromatic heterocycles. The van der Waals surface area contributed by atoms with E-state index in [1.54, 1.807) is 7.11 Å². The topological polar surface area (TPSA) is 44.5 Å². The standard InChI is InChI=1S/C17H21NO2/c1-3-20-15-9-7-13(8-10-15)16-6-4-5-14(17(16)18)11-12-19-2/h4-10H,3,11-12,18H2,1-2H3. The molecule has 0 atom stereocenters. The molecule has 0 saturated carbocycles. The van der Waals surface area contributed by atoms with E-state index in [2.05, 4.69) is 0 Å². The zero-order valence-corrected chi connectivity index (χ0v) is 12.1. The van der Waals surface area contributed by atoms with E-state index >= 15 is 0 Å². The lowest BCUT2D eigenvalue weighted by Crippen LogP contribution is -2.01. The third-order valence-electron chi connectivity index (χ3n) is 3.25. The Morgan fingerprint density at radius 3 is 2.45 bits per heavy atom. The summed E-state index contributed by atoms with van der Waals surface area (Å²) in [6, 6.07) is 14.1. The van der Waals surface area contributed by atoms with Crippen LogP contribution in [0.2, 0.25) is 0 Å². The fraction of sp³-hybridized carbons (Fsp3) is 0.294. The molecule has 0 aliphatic heterocycles. The second kappa shape index (κ2) is 6.96. The number of rotatable bonds is 6. The van der Waals surface area contributed by atoms with Crippen LogP contribution in [-0.2, 0) is 11.2 Å². The summed E-state index contributed by atoms with van der Waals surface area (Å²) in [5.74, 6) is 0.880. The van der Waals surface area contributed by atoms with Crippen LogP contribution in [0.25, 0.3) is 11.1 Å². The van der Waals surface area contributed by atoms with E-state index in [0.717, 1.165) is 34.5 Å². The van der Waals surface area contributed by atoms with Crippen LogP contribution >= 0.6 is 0 Å². The highest BCUT2D eigenvalue weighted by atomic mass is 16.5. The largest absolute Gasteiger partial charge is 0.494 e. The molecule has 0 saturated heterocycles. The molecule has 0 spiro atoms. The SMILES string of the molecule is CCOc1ccc(-c2cccc(CCOC)c2N)cc1. The molecule has 0 fully saturated rings. The van der Waals surface area contributed by atoms with Gasteiger partial charge in [-0.05, 0) is 36.6 Å². The lowest BCUT2D eigenvalue weighted by atomic mass is 9.99. The van der Waals surface area contributed by atoms with Crippen molar-refractivity contribution in [3.63, 3.8) is 0 Å². The number of hydrogen-bond donors (Lipinski definition) is 1. The molecule has 0 unspecified atom stereocenters. The fourth-order valence-corrected chi connectivity index (χ4v) is 2.19. The summed E-state index contributed by atoms with van der Waals surface area (Å²) in [4.78, 5) is 0. The van der Waals surface area contributed by atoms with Crippen LogP contribution in [0.4, 0.5) is 5.69 Å². The van der Waals surface area contributed by atoms with E-state index in [4.69, 9.17) is 15.2 Å². The number of nitrogen functional groups attached to an aromatic ring is 1. The Kier molecular flexibility index (Phi) is 5.02. The second-order valence-corrected chi connectivity index (χ2v) is 4.58. The molecule has 2 rings (SSSR count). The fourth-order valence-electron chi connectivity index (χ4n) is 2.19. The van der Waals surface area contributed by atoms with Gasteiger partial charge in [0, 0.05) is 18.4 Å². The monoisotopic (exact) mass is 271 g/mol. The van der Waals surface area contributed by atoms with Gasteiger partial charge in [0.15, 0.2) is 0 Å². The zero-order valence-electron chi connectivity index (χ0n) is 12.1. The average molecular weight is 271 g/mol. The highest BCUT2D eigenvalue weighted by Crippen LogP contribution is 2.30. The first-order chi connectivity index (χ1) is 9.76. The molecule has 20 heavy (non-hydrogen) atoms. The van der Waals surface area contributed by atoms with Crippen LogP contribution in [0.15, 0.2) is 42.5 Å². The van der Waals surface area contributed by atoms with Gasteiger partial charge in [0.05, 0.1) is 13.2 Å². The molecule has 0 heterocycles. The van der Waals surface area contributed by atoms with Gasteiger partial charge >= 0.3 is 0 Å². The van der Waals surface area contributed by atoms with E-state index in [1.807, 2.05) is 49.4 Å². The summed E-state index contributed by atoms with van der Waals surface area (Å²) >= 11 is 0. The van der Waals surface area contributed by atoms with E-state index in [1.165, 1.54) is 0 Å². The van der Waals surface area contributed by atoms with E-state index in [-0.39, 0.29) is 0 Å². The van der Waals surface area contributed by atoms with Gasteiger partial charge in [0.1, 0.15) is 5.75 Å². The summed E-state index contributed by atoms with van der Waals surface area (Å²) in [6.45, 7) is 3.33. The number of anilines is 1. The number of benzene rings is 2. The van der Waals surface area contributed by atoms with Crippen LogP contribution in [-0.4, -0.2) is 20.3 Å². The highest BCUT2D eigenvalue weighted by Gasteiger charge is 2.07. The van der Waals surface area contributed by atoms with Gasteiger partial charge in [0.25, 0.3) is 0 Å². The second-order valence-electron chi connectivity index (χ2n) is 4.58. The summed E-state index contributed by atoms with van der Waals surface area (Å²) in [6.07, 6.45) is 0.827. The van der Waals surface area contributed by atoms with Crippen molar-refractivity contribution >= 4 is 5.69 Å². The van der Waals surface area contributed by atoms with Crippen molar-refractivity contribution in [2.24, 2.45) is 0 Å². The Morgan fingerprint density at radius 1 is 1.05 bits per heavy atom. The summed E-state index contributed by atoms with van der Waals surface area (Å²) in [5.41, 5.74) is 10.4. The molecule has 0 bridgehead atoms. The minimum Gasteiger partial charge on any atom is -0.494 e. The summed E-state index contributed by atoms with van der Waals surface area (Å²) in [7, 11) is 1.70. The molecule has 0 aliphatic carbocycles. The van der Waals surface area contributed by atoms with Crippen LogP contribution in [0.3, 0.4) is 0 Å². The number of nitrogens with two attached hydrogens (primary N) is 1. The van der Waals surface area contributed by atoms with Gasteiger partial charge in [-0.2, -0.15) is 0 Å². The number of hydrogen-bond acceptors (Lipinski definition) is 3. The van der Waals surface area contributed by atoms with Gasteiger partial charge < -0.3 is 15.2 Å². The smallest absolute Gasteiger partial charge is 0.119 e. The first-order valence-corrected chi connectivity index (χ1v) is 6.85. The summed E-state index contributed by atoms with van der Waals surface area (Å²) in [5, 5.41) is 0. The maximum atomic E-state index is 6.27. The van der Waals surface area contributed by atoms with Gasteiger partial charge in [-0.25, -0.2) is 0 Å². The molecule has 2 aromatic rings. The predicted octanol–water partition coefficient (Wildman–Crippen LogP) is 3.52. The van der Waals surface area contributed by atoms with Crippen molar-refractivity contribution in [3.05, 3.63) is 48.0 Å². The molecule has 106 valence electrons. The van der Waals surface area contributed by atoms with E-state index in [0.29, 0.717) is 13.2 Å². The maximum Gasteiger partial charge on any atom is 0.119 e. The van der Waals surface area contributed by atoms with Crippen molar-refractivity contribution in [2.75, 3.05) is 26.1 Å². The normalized spacial score (nSPS) is 10.5. The molecule has 0 amide bonds. The van der Waals surface area contributed by atoms with Crippen molar-refractivity contribution in [1.82, 2.24) is 0 Å². The average Bonchev–Trinajstić information content (AvgIpc) is 2.48. The Balaban J connectivity index is 2.27. The Hall–Kier alpha value is -2.00. The molecule has 3 nitrogen and oxygen atoms in total. The first kappa shape index (κ1) is 14.4. The Morgan fingerprint density at radius 2 is 1.80 bits per heavy atom. The van der Waals surface area contributed by atoms with Gasteiger partial charge in [0.2, 0.25) is 0 Å². The molecule has 0 radical (unpaired) electrons. The number of para-hydroxylation sites is 1. The van der Waals surface area contributed by atoms with Crippen LogP contribution in [0, 0.1) is 0 Å². The van der Waals surface area contributed by atoms with Crippen molar-refractivity contribution in [2.45, 2.75) is 13.3 Å². The molecule has 2 aromatic carbocycles. The van der Waals surface area contributed by atoms with Crippen molar-refractivity contribution in [3.8, 4) is 16.9 Å². The number of methoxy groups -OCH3 is 1. The third-order valence-corrected chi connectivity index (χ3v) is 3.25. The molecular formula is C17H21NO2. The third kappa shape index (κ3) is 3.31. The van der Waals surface area contributed by atoms with Crippen molar-refractivity contribution < 1.29 is 9.47 Å². The Bertz CT molecular complexity index is 549. The minimum absolute atomic E-state index is 0.675. The molecule has 0 aliphatic rings. The van der Waals surface area contributed by atoms with Gasteiger partial charge in [-0.3, -0.25) is 0 Å². The molecule has 3 heteroatoms. The maximum absolute atomic E-state index is 6.27. The Labute approximate surface area is 120 Å². The van der Waals surface area contributed by atoms with Gasteiger partial charge in [-0.15, -0.1) is 0 Å². The van der Waals surface area contributed by atoms with Crippen LogP contribution in [0.5, 0.6) is 5.75 Å². The van der Waals surface area contributed by atoms with Crippen LogP contribution < -0.4 is 10.5 Å². The minimum atomic E-state index is 0.675. The summed E-state index contributed by atoms with van der Waals surface area (Å²) < 4.78 is 10.6.